The maximum Gasteiger partial charge on any atom is 0.412 e. The number of rotatable bonds is 11. The number of amides is 2. The Bertz CT molecular complexity index is 1710. The lowest BCUT2D eigenvalue weighted by atomic mass is 10.1. The molecular weight excluding hydrogens is 693 g/mol. The first kappa shape index (κ1) is 36.3. The number of benzene rings is 2. The Morgan fingerprint density at radius 3 is 2.28 bits per heavy atom. The molecule has 3 aromatic rings. The molecular formula is C28H25ClF8N3O6P. The molecule has 2 aromatic carbocycles. The van der Waals surface area contributed by atoms with E-state index in [4.69, 9.17) is 11.6 Å². The summed E-state index contributed by atoms with van der Waals surface area (Å²) in [5.41, 5.74) is -0.134. The Morgan fingerprint density at radius 1 is 1.04 bits per heavy atom. The fourth-order valence-electron chi connectivity index (χ4n) is 4.90. The van der Waals surface area contributed by atoms with E-state index in [9.17, 15) is 54.1 Å². The molecule has 4 rings (SSSR count). The molecule has 1 fully saturated rings. The molecule has 1 N–H and O–H groups in total. The third kappa shape index (κ3) is 8.89. The van der Waals surface area contributed by atoms with Crippen molar-refractivity contribution in [2.45, 2.75) is 51.0 Å². The van der Waals surface area contributed by atoms with Gasteiger partial charge in [-0.15, -0.1) is 0 Å². The molecule has 19 heteroatoms. The van der Waals surface area contributed by atoms with Gasteiger partial charge in [-0.1, -0.05) is 29.8 Å². The van der Waals surface area contributed by atoms with E-state index >= 15 is 0 Å². The van der Waals surface area contributed by atoms with Crippen molar-refractivity contribution in [1.82, 2.24) is 14.8 Å². The van der Waals surface area contributed by atoms with Crippen molar-refractivity contribution in [2.75, 3.05) is 19.8 Å². The molecule has 1 aliphatic heterocycles. The minimum Gasteiger partial charge on any atom is -0.350 e. The van der Waals surface area contributed by atoms with Gasteiger partial charge in [0.1, 0.15) is 24.6 Å². The average Bonchev–Trinajstić information content (AvgIpc) is 3.55. The van der Waals surface area contributed by atoms with Crippen molar-refractivity contribution in [3.63, 3.8) is 0 Å². The number of Topliss-reactive ketones (excluding diaryl/α,β-unsaturated/α-hetero) is 1. The number of carbonyl (C=O) groups excluding carboxylic acids is 3. The number of hydrogen-bond donors (Lipinski definition) is 1. The second-order valence-electron chi connectivity index (χ2n) is 10.5. The summed E-state index contributed by atoms with van der Waals surface area (Å²) in [6, 6.07) is 5.57. The van der Waals surface area contributed by atoms with Gasteiger partial charge in [0, 0.05) is 35.7 Å². The zero-order chi connectivity index (χ0) is 34.9. The van der Waals surface area contributed by atoms with Gasteiger partial charge in [-0.3, -0.25) is 28.0 Å². The Balaban J connectivity index is 1.63. The minimum atomic E-state index is -5.30. The van der Waals surface area contributed by atoms with Crippen molar-refractivity contribution in [3.05, 3.63) is 64.6 Å². The molecule has 256 valence electrons. The van der Waals surface area contributed by atoms with Crippen LogP contribution in [0.1, 0.15) is 29.3 Å². The highest BCUT2D eigenvalue weighted by Gasteiger charge is 2.41. The van der Waals surface area contributed by atoms with E-state index in [2.05, 4.69) is 14.4 Å². The van der Waals surface area contributed by atoms with Crippen LogP contribution >= 0.6 is 19.2 Å². The van der Waals surface area contributed by atoms with Crippen LogP contribution in [-0.4, -0.2) is 71.4 Å². The Morgan fingerprint density at radius 2 is 1.68 bits per heavy atom. The van der Waals surface area contributed by atoms with Crippen LogP contribution in [0.3, 0.4) is 0 Å². The van der Waals surface area contributed by atoms with E-state index < -0.39 is 93.6 Å². The molecule has 0 bridgehead atoms. The lowest BCUT2D eigenvalue weighted by Crippen LogP contribution is -2.46. The quantitative estimate of drug-likeness (QED) is 0.151. The Labute approximate surface area is 266 Å². The van der Waals surface area contributed by atoms with Gasteiger partial charge in [-0.2, -0.15) is 26.3 Å². The summed E-state index contributed by atoms with van der Waals surface area (Å²) in [6.45, 7) is -4.82. The number of aromatic nitrogens is 1. The van der Waals surface area contributed by atoms with Crippen LogP contribution < -0.4 is 10.6 Å². The molecule has 0 saturated carbocycles. The number of alkyl halides is 7. The number of nitrogens with one attached hydrogen (secondary N) is 1. The summed E-state index contributed by atoms with van der Waals surface area (Å²) in [7, 11) is -5.30. The molecule has 0 spiro atoms. The first-order chi connectivity index (χ1) is 21.8. The second-order valence-corrected chi connectivity index (χ2v) is 13.0. The summed E-state index contributed by atoms with van der Waals surface area (Å²) >= 11 is 5.75. The fraction of sp³-hybridized carbons (Fsp3) is 0.393. The highest BCUT2D eigenvalue weighted by Crippen LogP contribution is 2.49. The highest BCUT2D eigenvalue weighted by atomic mass is 35.5. The van der Waals surface area contributed by atoms with Gasteiger partial charge in [0.05, 0.1) is 22.4 Å². The van der Waals surface area contributed by atoms with Crippen LogP contribution in [0.4, 0.5) is 35.1 Å². The van der Waals surface area contributed by atoms with E-state index in [1.165, 1.54) is 18.2 Å². The Kier molecular flexibility index (Phi) is 10.7. The maximum atomic E-state index is 14.5. The molecule has 0 radical (unpaired) electrons. The molecule has 1 saturated heterocycles. The predicted molar refractivity (Wildman–Crippen MR) is 151 cm³/mol. The summed E-state index contributed by atoms with van der Waals surface area (Å²) in [6.07, 6.45) is -11.1. The van der Waals surface area contributed by atoms with Crippen LogP contribution in [0.25, 0.3) is 10.9 Å². The SMILES string of the molecule is CC(=O)c1cn(CC(=O)N2C[C@H](F)C[C@H]2C(=O)NCc2cccc(Cl)c2F)c2cc(P(=O)(OCC(F)(F)F)OCC(F)(F)F)ccc12. The van der Waals surface area contributed by atoms with Gasteiger partial charge in [0.25, 0.3) is 0 Å². The summed E-state index contributed by atoms with van der Waals surface area (Å²) < 4.78 is 129. The summed E-state index contributed by atoms with van der Waals surface area (Å²) in [5, 5.41) is 1.57. The van der Waals surface area contributed by atoms with Crippen LogP contribution in [0.5, 0.6) is 0 Å². The van der Waals surface area contributed by atoms with E-state index in [-0.39, 0.29) is 33.6 Å². The topological polar surface area (TPSA) is 107 Å². The van der Waals surface area contributed by atoms with Crippen molar-refractivity contribution >= 4 is 53.0 Å². The molecule has 2 amide bonds. The number of halogens is 9. The van der Waals surface area contributed by atoms with Gasteiger partial charge in [0.2, 0.25) is 11.8 Å². The van der Waals surface area contributed by atoms with Gasteiger partial charge < -0.3 is 14.8 Å². The number of carbonyl (C=O) groups is 3. The molecule has 2 atom stereocenters. The van der Waals surface area contributed by atoms with Crippen LogP contribution in [0.2, 0.25) is 5.02 Å². The number of nitrogens with zero attached hydrogens (tertiary/aromatic N) is 2. The van der Waals surface area contributed by atoms with E-state index in [1.54, 1.807) is 0 Å². The first-order valence-electron chi connectivity index (χ1n) is 13.6. The molecule has 9 nitrogen and oxygen atoms in total. The lowest BCUT2D eigenvalue weighted by Gasteiger charge is -2.24. The van der Waals surface area contributed by atoms with Crippen LogP contribution in [0, 0.1) is 5.82 Å². The summed E-state index contributed by atoms with van der Waals surface area (Å²) in [5.74, 6) is -3.00. The highest BCUT2D eigenvalue weighted by molar-refractivity contribution is 7.62. The molecule has 2 heterocycles. The van der Waals surface area contributed by atoms with E-state index in [0.717, 1.165) is 40.8 Å². The number of ketones is 1. The van der Waals surface area contributed by atoms with Crippen molar-refractivity contribution in [3.8, 4) is 0 Å². The second kappa shape index (κ2) is 13.9. The number of fused-ring (bicyclic) bond motifs is 1. The molecule has 47 heavy (non-hydrogen) atoms. The van der Waals surface area contributed by atoms with Crippen molar-refractivity contribution in [2.24, 2.45) is 0 Å². The molecule has 1 aromatic heterocycles. The minimum absolute atomic E-state index is 0.0239. The standard InChI is InChI=1S/C28H25ClF8N3O6P/c1-15(41)20-11-39(22-8-18(5-6-19(20)22)47(44,45-13-27(32,33)34)46-14-28(35,36)37)12-24(42)40-10-17(30)7-23(40)26(43)38-9-16-3-2-4-21(29)25(16)31/h2-6,8,11,17,23H,7,9-10,12-14H2,1H3,(H,38,43)/t17-,23+/m1/s1. The monoisotopic (exact) mass is 717 g/mol. The predicted octanol–water partition coefficient (Wildman–Crippen LogP) is 5.87. The lowest BCUT2D eigenvalue weighted by molar-refractivity contribution is -0.164. The smallest absolute Gasteiger partial charge is 0.350 e. The van der Waals surface area contributed by atoms with E-state index in [1.807, 2.05) is 0 Å². The van der Waals surface area contributed by atoms with Crippen molar-refractivity contribution in [1.29, 1.82) is 0 Å². The molecule has 0 aliphatic carbocycles. The third-order valence-corrected chi connectivity index (χ3v) is 9.16. The number of hydrogen-bond acceptors (Lipinski definition) is 6. The van der Waals surface area contributed by atoms with Gasteiger partial charge in [-0.05, 0) is 25.1 Å². The first-order valence-corrected chi connectivity index (χ1v) is 15.5. The zero-order valence-corrected chi connectivity index (χ0v) is 25.8. The van der Waals surface area contributed by atoms with Gasteiger partial charge in [-0.25, -0.2) is 8.78 Å². The van der Waals surface area contributed by atoms with Crippen molar-refractivity contribution < 1.29 is 63.1 Å². The zero-order valence-electron chi connectivity index (χ0n) is 24.1. The molecule has 1 aliphatic rings. The van der Waals surface area contributed by atoms with Crippen LogP contribution in [-0.2, 0) is 36.3 Å². The van der Waals surface area contributed by atoms with E-state index in [0.29, 0.717) is 0 Å². The largest absolute Gasteiger partial charge is 0.412 e. The molecule has 0 unspecified atom stereocenters. The third-order valence-electron chi connectivity index (χ3n) is 7.02. The number of likely N-dealkylation sites (tertiary alicyclic amines) is 1. The fourth-order valence-corrected chi connectivity index (χ4v) is 6.63. The van der Waals surface area contributed by atoms with Gasteiger partial charge in [0.15, 0.2) is 19.0 Å². The average molecular weight is 718 g/mol. The summed E-state index contributed by atoms with van der Waals surface area (Å²) in [4.78, 5) is 39.6. The van der Waals surface area contributed by atoms with Gasteiger partial charge >= 0.3 is 19.9 Å². The maximum absolute atomic E-state index is 14.5. The Hall–Kier alpha value is -3.53. The normalized spacial score (nSPS) is 17.4. The van der Waals surface area contributed by atoms with Crippen LogP contribution in [0.15, 0.2) is 42.6 Å².